The number of hydrogen-bond donors (Lipinski definition) is 0. The number of anilines is 1. The molecule has 0 bridgehead atoms. The van der Waals surface area contributed by atoms with Crippen molar-refractivity contribution in [3.8, 4) is 44.5 Å². The van der Waals surface area contributed by atoms with Crippen LogP contribution in [0.2, 0.25) is 0 Å². The Morgan fingerprint density at radius 2 is 0.685 bits per heavy atom. The number of aryl methyl sites for hydroxylation is 12. The summed E-state index contributed by atoms with van der Waals surface area (Å²) in [6.45, 7) is 26.2. The molecule has 54 heavy (non-hydrogen) atoms. The summed E-state index contributed by atoms with van der Waals surface area (Å²) in [5.74, 6) is 0. The molecule has 5 heteroatoms. The molecule has 276 valence electrons. The summed E-state index contributed by atoms with van der Waals surface area (Å²) in [6.07, 6.45) is 1.93. The zero-order valence-corrected chi connectivity index (χ0v) is 37.1. The van der Waals surface area contributed by atoms with E-state index in [0.29, 0.717) is 0 Å². The molecular weight excluding hydrogens is 762 g/mol. The van der Waals surface area contributed by atoms with Crippen molar-refractivity contribution in [2.45, 2.75) is 83.1 Å². The molecule has 0 saturated heterocycles. The Hall–Kier alpha value is -4.07. The van der Waals surface area contributed by atoms with Gasteiger partial charge in [0.1, 0.15) is 0 Å². The van der Waals surface area contributed by atoms with Crippen molar-refractivity contribution >= 4 is 50.6 Å². The summed E-state index contributed by atoms with van der Waals surface area (Å²) in [4.78, 5) is 5.52. The first-order valence-electron chi connectivity index (χ1n) is 18.6. The average Bonchev–Trinajstić information content (AvgIpc) is 3.04. The van der Waals surface area contributed by atoms with Crippen LogP contribution in [0.15, 0.2) is 89.9 Å². The first-order valence-corrected chi connectivity index (χ1v) is 24.4. The summed E-state index contributed by atoms with van der Waals surface area (Å²) in [6, 6.07) is 31.3. The molecule has 0 amide bonds. The van der Waals surface area contributed by atoms with Crippen molar-refractivity contribution in [3.05, 3.63) is 152 Å². The Balaban J connectivity index is 1.70. The van der Waals surface area contributed by atoms with Gasteiger partial charge in [-0.3, -0.25) is 0 Å². The van der Waals surface area contributed by atoms with Crippen LogP contribution < -0.4 is 3.82 Å². The van der Waals surface area contributed by atoms with E-state index in [1.807, 2.05) is 6.34 Å². The molecule has 0 N–H and O–H groups in total. The fourth-order valence-electron chi connectivity index (χ4n) is 8.98. The minimum atomic E-state index is -2.73. The van der Waals surface area contributed by atoms with Gasteiger partial charge in [-0.1, -0.05) is 0 Å². The van der Waals surface area contributed by atoms with E-state index in [4.69, 9.17) is 24.9 Å². The summed E-state index contributed by atoms with van der Waals surface area (Å²) in [5.41, 5.74) is 25.8. The third-order valence-corrected chi connectivity index (χ3v) is 13.6. The van der Waals surface area contributed by atoms with Crippen LogP contribution in [-0.4, -0.2) is 19.3 Å². The van der Waals surface area contributed by atoms with Crippen LogP contribution in [-0.2, 0) is 0 Å². The third-order valence-electron chi connectivity index (χ3n) is 10.5. The molecular formula is C49H51AsCl2N2. The molecule has 0 aliphatic heterocycles. The van der Waals surface area contributed by atoms with Gasteiger partial charge in [0.25, 0.3) is 0 Å². The van der Waals surface area contributed by atoms with Gasteiger partial charge in [0.05, 0.1) is 0 Å². The predicted octanol–water partition coefficient (Wildman–Crippen LogP) is 14.7. The van der Waals surface area contributed by atoms with Crippen molar-refractivity contribution in [1.29, 1.82) is 0 Å². The first-order chi connectivity index (χ1) is 25.6. The molecule has 6 aromatic rings. The zero-order valence-electron chi connectivity index (χ0n) is 33.8. The molecule has 0 heterocycles. The zero-order chi connectivity index (χ0) is 39.2. The maximum atomic E-state index is 7.27. The van der Waals surface area contributed by atoms with E-state index in [-0.39, 0.29) is 0 Å². The van der Waals surface area contributed by atoms with Gasteiger partial charge >= 0.3 is 339 Å². The Kier molecular flexibility index (Phi) is 11.7. The molecule has 0 radical (unpaired) electrons. The van der Waals surface area contributed by atoms with Gasteiger partial charge in [0.2, 0.25) is 0 Å². The van der Waals surface area contributed by atoms with Crippen LogP contribution in [0.4, 0.5) is 11.4 Å². The SMILES string of the molecule is Cc1cc(C)c(-c2cccc(-c3c(C)cc(C)cc3C)c2N=CN(c2c(-c3c(C)cc(C)cc3C)cccc2-c2c(C)cc(C)cc2C)[As](Cl)Cl)c(C)c1. The predicted molar refractivity (Wildman–Crippen MR) is 240 cm³/mol. The van der Waals surface area contributed by atoms with Crippen LogP contribution in [0, 0.1) is 83.1 Å². The van der Waals surface area contributed by atoms with Crippen LogP contribution >= 0.6 is 19.9 Å². The van der Waals surface area contributed by atoms with Crippen molar-refractivity contribution in [3.63, 3.8) is 0 Å². The Bertz CT molecular complexity index is 2210. The standard InChI is InChI=1S/C49H51AsCl2N2/c1-28-19-32(5)44(33(6)20-28)40-15-13-16-41(45-34(7)21-29(2)22-35(45)8)48(40)53-27-54(50(51)52)49-42(46-36(9)23-30(3)24-37(46)10)17-14-18-43(49)47-38(11)25-31(4)26-39(47)12/h13-27H,1-12H3. The first kappa shape index (κ1) is 39.6. The van der Waals surface area contributed by atoms with Gasteiger partial charge in [0, 0.05) is 0 Å². The van der Waals surface area contributed by atoms with Gasteiger partial charge in [0.15, 0.2) is 0 Å². The Morgan fingerprint density at radius 3 is 0.963 bits per heavy atom. The number of nitrogens with zero attached hydrogens (tertiary/aromatic N) is 2. The van der Waals surface area contributed by atoms with E-state index in [1.54, 1.807) is 0 Å². The number of para-hydroxylation sites is 2. The van der Waals surface area contributed by atoms with E-state index in [2.05, 4.69) is 172 Å². The summed E-state index contributed by atoms with van der Waals surface area (Å²) in [7, 11) is 14.5. The summed E-state index contributed by atoms with van der Waals surface area (Å²) in [5, 5.41) is 0. The molecule has 2 nitrogen and oxygen atoms in total. The molecule has 0 spiro atoms. The fourth-order valence-corrected chi connectivity index (χ4v) is 11.2. The second kappa shape index (κ2) is 16.0. The van der Waals surface area contributed by atoms with Crippen LogP contribution in [0.1, 0.15) is 66.8 Å². The van der Waals surface area contributed by atoms with E-state index < -0.39 is 13.0 Å². The minimum absolute atomic E-state index is 0.904. The van der Waals surface area contributed by atoms with Gasteiger partial charge in [-0.05, 0) is 0 Å². The monoisotopic (exact) mass is 812 g/mol. The molecule has 0 fully saturated rings. The maximum absolute atomic E-state index is 7.27. The second-order valence-electron chi connectivity index (χ2n) is 15.3. The van der Waals surface area contributed by atoms with E-state index in [0.717, 1.165) is 33.6 Å². The quantitative estimate of drug-likeness (QED) is 0.0849. The molecule has 0 aliphatic carbocycles. The van der Waals surface area contributed by atoms with Crippen molar-refractivity contribution < 1.29 is 0 Å². The van der Waals surface area contributed by atoms with Crippen molar-refractivity contribution in [2.24, 2.45) is 4.99 Å². The fraction of sp³-hybridized carbons (Fsp3) is 0.245. The van der Waals surface area contributed by atoms with E-state index in [9.17, 15) is 0 Å². The molecule has 0 atom stereocenters. The van der Waals surface area contributed by atoms with Crippen LogP contribution in [0.3, 0.4) is 0 Å². The van der Waals surface area contributed by atoms with Crippen molar-refractivity contribution in [1.82, 2.24) is 0 Å². The molecule has 0 aliphatic rings. The third kappa shape index (κ3) is 7.72. The number of benzene rings is 6. The van der Waals surface area contributed by atoms with E-state index in [1.165, 1.54) is 89.0 Å². The van der Waals surface area contributed by atoms with Gasteiger partial charge in [-0.25, -0.2) is 0 Å². The number of hydrogen-bond acceptors (Lipinski definition) is 1. The molecule has 6 rings (SSSR count). The molecule has 0 saturated carbocycles. The Morgan fingerprint density at radius 1 is 0.426 bits per heavy atom. The number of rotatable bonds is 8. The van der Waals surface area contributed by atoms with Gasteiger partial charge < -0.3 is 0 Å². The number of aliphatic imine (C=N–C) groups is 1. The summed E-state index contributed by atoms with van der Waals surface area (Å²) >= 11 is -2.73. The van der Waals surface area contributed by atoms with E-state index >= 15 is 0 Å². The number of halogens is 2. The van der Waals surface area contributed by atoms with Crippen LogP contribution in [0.5, 0.6) is 0 Å². The molecule has 6 aromatic carbocycles. The van der Waals surface area contributed by atoms with Gasteiger partial charge in [-0.15, -0.1) is 0 Å². The average molecular weight is 814 g/mol. The van der Waals surface area contributed by atoms with Gasteiger partial charge in [-0.2, -0.15) is 0 Å². The normalized spacial score (nSPS) is 11.6. The van der Waals surface area contributed by atoms with Crippen molar-refractivity contribution in [2.75, 3.05) is 3.82 Å². The van der Waals surface area contributed by atoms with Crippen LogP contribution in [0.25, 0.3) is 44.5 Å². The summed E-state index contributed by atoms with van der Waals surface area (Å²) < 4.78 is 2.10. The molecule has 0 unspecified atom stereocenters. The topological polar surface area (TPSA) is 15.6 Å². The second-order valence-corrected chi connectivity index (χ2v) is 21.3. The molecule has 0 aromatic heterocycles. The Labute approximate surface area is 336 Å².